The number of halogens is 2. The maximum Gasteiger partial charge on any atom is 0.220 e. The van der Waals surface area contributed by atoms with E-state index in [1.165, 1.54) is 25.7 Å². The highest BCUT2D eigenvalue weighted by Crippen LogP contribution is 2.32. The van der Waals surface area contributed by atoms with E-state index in [1.54, 1.807) is 0 Å². The molecule has 23 heavy (non-hydrogen) atoms. The molecular weight excluding hydrogens is 333 g/mol. The summed E-state index contributed by atoms with van der Waals surface area (Å²) in [6.07, 6.45) is 5.71. The smallest absolute Gasteiger partial charge is 0.220 e. The highest BCUT2D eigenvalue weighted by molar-refractivity contribution is 5.85. The minimum atomic E-state index is 0. The molecular formula is C17H35Cl2N3O. The molecule has 0 aromatic rings. The maximum absolute atomic E-state index is 12.1. The lowest BCUT2D eigenvalue weighted by molar-refractivity contribution is -0.122. The predicted octanol–water partition coefficient (Wildman–Crippen LogP) is 2.99. The maximum atomic E-state index is 12.1. The molecule has 2 saturated heterocycles. The normalized spacial score (nSPS) is 26.1. The van der Waals surface area contributed by atoms with Gasteiger partial charge in [0.25, 0.3) is 0 Å². The molecule has 138 valence electrons. The first-order valence-corrected chi connectivity index (χ1v) is 8.74. The van der Waals surface area contributed by atoms with E-state index in [1.807, 2.05) is 0 Å². The number of piperidine rings is 1. The average Bonchev–Trinajstić information content (AvgIpc) is 2.73. The number of hydrogen-bond donors (Lipinski definition) is 2. The molecule has 2 unspecified atom stereocenters. The van der Waals surface area contributed by atoms with Crippen LogP contribution >= 0.6 is 24.8 Å². The first-order chi connectivity index (χ1) is 9.95. The van der Waals surface area contributed by atoms with Crippen molar-refractivity contribution >= 4 is 30.7 Å². The summed E-state index contributed by atoms with van der Waals surface area (Å²) in [5, 5.41) is 6.76. The quantitative estimate of drug-likeness (QED) is 0.726. The van der Waals surface area contributed by atoms with Crippen molar-refractivity contribution in [2.24, 2.45) is 5.92 Å². The van der Waals surface area contributed by atoms with Gasteiger partial charge in [0, 0.05) is 43.7 Å². The van der Waals surface area contributed by atoms with Crippen molar-refractivity contribution in [3.63, 3.8) is 0 Å². The topological polar surface area (TPSA) is 44.4 Å². The first kappa shape index (κ1) is 23.0. The molecule has 0 aliphatic carbocycles. The second-order valence-corrected chi connectivity index (χ2v) is 7.45. The highest BCUT2D eigenvalue weighted by Gasteiger charge is 2.34. The molecule has 0 radical (unpaired) electrons. The average molecular weight is 368 g/mol. The molecule has 0 saturated carbocycles. The van der Waals surface area contributed by atoms with E-state index in [0.29, 0.717) is 30.1 Å². The van der Waals surface area contributed by atoms with Gasteiger partial charge in [-0.15, -0.1) is 24.8 Å². The Morgan fingerprint density at radius 1 is 1.09 bits per heavy atom. The van der Waals surface area contributed by atoms with Gasteiger partial charge in [0.15, 0.2) is 0 Å². The van der Waals surface area contributed by atoms with Crippen LogP contribution in [0, 0.1) is 5.92 Å². The van der Waals surface area contributed by atoms with Gasteiger partial charge in [0.05, 0.1) is 0 Å². The molecule has 4 nitrogen and oxygen atoms in total. The van der Waals surface area contributed by atoms with Crippen molar-refractivity contribution in [3.05, 3.63) is 0 Å². The molecule has 2 rings (SSSR count). The lowest BCUT2D eigenvalue weighted by atomic mass is 9.89. The van der Waals surface area contributed by atoms with E-state index < -0.39 is 0 Å². The van der Waals surface area contributed by atoms with Crippen LogP contribution in [0.15, 0.2) is 0 Å². The van der Waals surface area contributed by atoms with Gasteiger partial charge in [-0.3, -0.25) is 9.69 Å². The Morgan fingerprint density at radius 3 is 2.09 bits per heavy atom. The molecule has 0 spiro atoms. The lowest BCUT2D eigenvalue weighted by Crippen LogP contribution is -2.43. The van der Waals surface area contributed by atoms with Crippen molar-refractivity contribution < 1.29 is 4.79 Å². The summed E-state index contributed by atoms with van der Waals surface area (Å²) in [5.41, 5.74) is 0. The fourth-order valence-corrected chi connectivity index (χ4v) is 4.11. The van der Waals surface area contributed by atoms with Gasteiger partial charge in [0.2, 0.25) is 5.91 Å². The van der Waals surface area contributed by atoms with Gasteiger partial charge < -0.3 is 10.6 Å². The predicted molar refractivity (Wildman–Crippen MR) is 102 cm³/mol. The van der Waals surface area contributed by atoms with Gasteiger partial charge in [-0.25, -0.2) is 0 Å². The van der Waals surface area contributed by atoms with Gasteiger partial charge in [-0.05, 0) is 59.3 Å². The van der Waals surface area contributed by atoms with Crippen LogP contribution in [0.2, 0.25) is 0 Å². The Labute approximate surface area is 154 Å². The molecule has 2 bridgehead atoms. The molecule has 2 N–H and O–H groups in total. The van der Waals surface area contributed by atoms with E-state index in [-0.39, 0.29) is 30.7 Å². The number of fused-ring (bicyclic) bond motifs is 2. The van der Waals surface area contributed by atoms with E-state index >= 15 is 0 Å². The number of amides is 1. The summed E-state index contributed by atoms with van der Waals surface area (Å²) >= 11 is 0. The van der Waals surface area contributed by atoms with Crippen LogP contribution in [-0.4, -0.2) is 48.1 Å². The van der Waals surface area contributed by atoms with Gasteiger partial charge in [-0.1, -0.05) is 0 Å². The van der Waals surface area contributed by atoms with Gasteiger partial charge >= 0.3 is 0 Å². The van der Waals surface area contributed by atoms with Gasteiger partial charge in [0.1, 0.15) is 0 Å². The van der Waals surface area contributed by atoms with E-state index in [9.17, 15) is 4.79 Å². The number of nitrogens with zero attached hydrogens (tertiary/aromatic N) is 1. The fraction of sp³-hybridized carbons (Fsp3) is 0.941. The minimum Gasteiger partial charge on any atom is -0.355 e. The zero-order valence-electron chi connectivity index (χ0n) is 15.0. The molecule has 0 aromatic heterocycles. The lowest BCUT2D eigenvalue weighted by Gasteiger charge is -2.31. The molecule has 1 amide bonds. The summed E-state index contributed by atoms with van der Waals surface area (Å²) in [5.74, 6) is 0.837. The number of nitrogens with one attached hydrogen (secondary N) is 2. The molecule has 2 heterocycles. The zero-order chi connectivity index (χ0) is 15.4. The highest BCUT2D eigenvalue weighted by atomic mass is 35.5. The van der Waals surface area contributed by atoms with Crippen LogP contribution in [0.1, 0.15) is 59.8 Å². The van der Waals surface area contributed by atoms with Crippen LogP contribution in [-0.2, 0) is 4.79 Å². The Bertz CT molecular complexity index is 333. The van der Waals surface area contributed by atoms with Crippen LogP contribution in [0.4, 0.5) is 0 Å². The van der Waals surface area contributed by atoms with Crippen LogP contribution < -0.4 is 10.6 Å². The van der Waals surface area contributed by atoms with Crippen LogP contribution in [0.3, 0.4) is 0 Å². The summed E-state index contributed by atoms with van der Waals surface area (Å²) in [4.78, 5) is 14.5. The SMILES string of the molecule is CC(C)N(CCNC(=O)CC1CC2CCC(C1)N2)C(C)C.Cl.Cl. The minimum absolute atomic E-state index is 0. The van der Waals surface area contributed by atoms with E-state index in [0.717, 1.165) is 19.5 Å². The molecule has 2 aliphatic heterocycles. The Balaban J connectivity index is 0.00000242. The third-order valence-corrected chi connectivity index (χ3v) is 5.06. The summed E-state index contributed by atoms with van der Waals surface area (Å²) in [7, 11) is 0. The first-order valence-electron chi connectivity index (χ1n) is 8.74. The van der Waals surface area contributed by atoms with E-state index in [2.05, 4.69) is 43.2 Å². The van der Waals surface area contributed by atoms with Crippen LogP contribution in [0.5, 0.6) is 0 Å². The monoisotopic (exact) mass is 367 g/mol. The van der Waals surface area contributed by atoms with Gasteiger partial charge in [-0.2, -0.15) is 0 Å². The standard InChI is InChI=1S/C17H33N3O.2ClH/c1-12(2)20(13(3)4)8-7-18-17(21)11-14-9-15-5-6-16(10-14)19-15;;/h12-16,19H,5-11H2,1-4H3,(H,18,21);2*1H. The number of carbonyl (C=O) groups is 1. The van der Waals surface area contributed by atoms with Crippen molar-refractivity contribution in [1.29, 1.82) is 0 Å². The Hall–Kier alpha value is -0.0300. The molecule has 0 aromatic carbocycles. The number of hydrogen-bond acceptors (Lipinski definition) is 3. The van der Waals surface area contributed by atoms with Crippen molar-refractivity contribution in [3.8, 4) is 0 Å². The van der Waals surface area contributed by atoms with Crippen molar-refractivity contribution in [2.45, 2.75) is 84.0 Å². The summed E-state index contributed by atoms with van der Waals surface area (Å²) in [6, 6.07) is 2.42. The molecule has 6 heteroatoms. The van der Waals surface area contributed by atoms with E-state index in [4.69, 9.17) is 0 Å². The molecule has 2 aliphatic rings. The second kappa shape index (κ2) is 10.8. The largest absolute Gasteiger partial charge is 0.355 e. The number of rotatable bonds is 7. The van der Waals surface area contributed by atoms with Crippen LogP contribution in [0.25, 0.3) is 0 Å². The Kier molecular flexibility index (Phi) is 10.7. The summed E-state index contributed by atoms with van der Waals surface area (Å²) in [6.45, 7) is 10.6. The third-order valence-electron chi connectivity index (χ3n) is 5.06. The molecule has 2 atom stereocenters. The zero-order valence-corrected chi connectivity index (χ0v) is 16.6. The van der Waals surface area contributed by atoms with Crippen molar-refractivity contribution in [1.82, 2.24) is 15.5 Å². The second-order valence-electron chi connectivity index (χ2n) is 7.45. The van der Waals surface area contributed by atoms with Crippen molar-refractivity contribution in [2.75, 3.05) is 13.1 Å². The number of carbonyl (C=O) groups excluding carboxylic acids is 1. The molecule has 2 fully saturated rings. The Morgan fingerprint density at radius 2 is 1.61 bits per heavy atom. The third kappa shape index (κ3) is 7.16. The summed E-state index contributed by atoms with van der Waals surface area (Å²) < 4.78 is 0. The fourth-order valence-electron chi connectivity index (χ4n) is 4.11.